The Balaban J connectivity index is 1.17. The van der Waals surface area contributed by atoms with Gasteiger partial charge in [0, 0.05) is 58.9 Å². The van der Waals surface area contributed by atoms with Crippen LogP contribution in [0.15, 0.2) is 200 Å². The standard InChI is InChI=1S/C52H33N3S/c1-4-16-34(17-5-1)37-22-14-23-38(30-37)46-33-45(36-20-8-3-9-21-36)53-52(54-46)42-26-15-28-48-50(42)41-25-10-12-27-47(41)55(48)39-31-43(35-18-6-2-7-19-35)51-44(32-39)40-24-11-13-29-49(40)56-51/h1-33H. The van der Waals surface area contributed by atoms with Crippen LogP contribution < -0.4 is 0 Å². The number of para-hydroxylation sites is 1. The predicted molar refractivity (Wildman–Crippen MR) is 236 cm³/mol. The molecule has 0 saturated carbocycles. The number of fused-ring (bicyclic) bond motifs is 6. The summed E-state index contributed by atoms with van der Waals surface area (Å²) in [6, 6.07) is 71.3. The summed E-state index contributed by atoms with van der Waals surface area (Å²) in [7, 11) is 0. The van der Waals surface area contributed by atoms with E-state index in [1.807, 2.05) is 17.4 Å². The molecule has 0 radical (unpaired) electrons. The summed E-state index contributed by atoms with van der Waals surface area (Å²) in [5.41, 5.74) is 13.0. The molecule has 3 heterocycles. The maximum absolute atomic E-state index is 5.38. The first kappa shape index (κ1) is 32.3. The SMILES string of the molecule is c1ccc(-c2cccc(-c3cc(-c4ccccc4)nc(-c4cccc5c4c4ccccc4n5-c4cc(-c5ccccc5)c5sc6ccccc6c5c4)n3)c2)cc1. The zero-order valence-electron chi connectivity index (χ0n) is 30.3. The molecule has 11 aromatic rings. The molecular formula is C52H33N3S. The van der Waals surface area contributed by atoms with E-state index < -0.39 is 0 Å². The molecule has 11 rings (SSSR count). The summed E-state index contributed by atoms with van der Waals surface area (Å²) in [5.74, 6) is 0.698. The predicted octanol–water partition coefficient (Wildman–Crippen LogP) is 14.3. The second kappa shape index (κ2) is 13.3. The van der Waals surface area contributed by atoms with Crippen LogP contribution in [0.3, 0.4) is 0 Å². The van der Waals surface area contributed by atoms with Gasteiger partial charge in [-0.1, -0.05) is 158 Å². The van der Waals surface area contributed by atoms with Crippen molar-refractivity contribution in [1.82, 2.24) is 14.5 Å². The maximum Gasteiger partial charge on any atom is 0.161 e. The van der Waals surface area contributed by atoms with Crippen LogP contribution in [-0.2, 0) is 0 Å². The Morgan fingerprint density at radius 1 is 0.375 bits per heavy atom. The fourth-order valence-corrected chi connectivity index (χ4v) is 9.44. The molecule has 0 amide bonds. The van der Waals surface area contributed by atoms with Gasteiger partial charge < -0.3 is 4.57 Å². The number of aromatic nitrogens is 3. The van der Waals surface area contributed by atoms with E-state index in [0.29, 0.717) is 5.82 Å². The van der Waals surface area contributed by atoms with E-state index in [4.69, 9.17) is 9.97 Å². The molecule has 0 aliphatic rings. The number of thiophene rings is 1. The highest BCUT2D eigenvalue weighted by molar-refractivity contribution is 7.26. The fraction of sp³-hybridized carbons (Fsp3) is 0. The third kappa shape index (κ3) is 5.42. The number of hydrogen-bond donors (Lipinski definition) is 0. The summed E-state index contributed by atoms with van der Waals surface area (Å²) in [6.45, 7) is 0. The quantitative estimate of drug-likeness (QED) is 0.170. The van der Waals surface area contributed by atoms with Crippen LogP contribution in [0.5, 0.6) is 0 Å². The lowest BCUT2D eigenvalue weighted by Gasteiger charge is -2.13. The Labute approximate surface area is 328 Å². The molecule has 0 fully saturated rings. The monoisotopic (exact) mass is 731 g/mol. The highest BCUT2D eigenvalue weighted by atomic mass is 32.1. The number of hydrogen-bond acceptors (Lipinski definition) is 3. The number of nitrogens with zero attached hydrogens (tertiary/aromatic N) is 3. The van der Waals surface area contributed by atoms with Crippen LogP contribution in [0.1, 0.15) is 0 Å². The van der Waals surface area contributed by atoms with E-state index in [0.717, 1.165) is 61.1 Å². The minimum absolute atomic E-state index is 0.698. The van der Waals surface area contributed by atoms with Crippen molar-refractivity contribution in [3.05, 3.63) is 200 Å². The molecule has 0 aliphatic heterocycles. The van der Waals surface area contributed by atoms with E-state index >= 15 is 0 Å². The first-order valence-electron chi connectivity index (χ1n) is 18.9. The lowest BCUT2D eigenvalue weighted by Crippen LogP contribution is -1.97. The Kier molecular flexibility index (Phi) is 7.68. The average Bonchev–Trinajstić information content (AvgIpc) is 3.83. The minimum atomic E-state index is 0.698. The zero-order valence-corrected chi connectivity index (χ0v) is 31.1. The van der Waals surface area contributed by atoms with Crippen molar-refractivity contribution in [3.63, 3.8) is 0 Å². The van der Waals surface area contributed by atoms with Crippen molar-refractivity contribution in [2.45, 2.75) is 0 Å². The van der Waals surface area contributed by atoms with Gasteiger partial charge in [0.2, 0.25) is 0 Å². The Hall–Kier alpha value is -7.14. The minimum Gasteiger partial charge on any atom is -0.309 e. The summed E-state index contributed by atoms with van der Waals surface area (Å²) in [4.78, 5) is 10.7. The van der Waals surface area contributed by atoms with Gasteiger partial charge in [0.25, 0.3) is 0 Å². The van der Waals surface area contributed by atoms with Crippen LogP contribution in [0.4, 0.5) is 0 Å². The Morgan fingerprint density at radius 3 is 1.75 bits per heavy atom. The normalized spacial score (nSPS) is 11.6. The largest absolute Gasteiger partial charge is 0.309 e. The van der Waals surface area contributed by atoms with Crippen molar-refractivity contribution in [2.24, 2.45) is 0 Å². The van der Waals surface area contributed by atoms with E-state index in [2.05, 4.69) is 199 Å². The molecule has 3 aromatic heterocycles. The molecule has 3 nitrogen and oxygen atoms in total. The third-order valence-corrected chi connectivity index (χ3v) is 12.0. The molecule has 8 aromatic carbocycles. The lowest BCUT2D eigenvalue weighted by molar-refractivity contribution is 1.18. The molecule has 0 atom stereocenters. The van der Waals surface area contributed by atoms with E-state index in [1.54, 1.807) is 0 Å². The van der Waals surface area contributed by atoms with Gasteiger partial charge in [0.1, 0.15) is 0 Å². The van der Waals surface area contributed by atoms with Crippen molar-refractivity contribution in [1.29, 1.82) is 0 Å². The van der Waals surface area contributed by atoms with E-state index in [-0.39, 0.29) is 0 Å². The van der Waals surface area contributed by atoms with Gasteiger partial charge in [-0.3, -0.25) is 0 Å². The fourth-order valence-electron chi connectivity index (χ4n) is 8.22. The second-order valence-electron chi connectivity index (χ2n) is 14.2. The van der Waals surface area contributed by atoms with Crippen LogP contribution in [0, 0.1) is 0 Å². The first-order chi connectivity index (χ1) is 27.8. The molecule has 0 N–H and O–H groups in total. The summed E-state index contributed by atoms with van der Waals surface area (Å²) < 4.78 is 5.03. The lowest BCUT2D eigenvalue weighted by atomic mass is 10.00. The summed E-state index contributed by atoms with van der Waals surface area (Å²) in [6.07, 6.45) is 0. The smallest absolute Gasteiger partial charge is 0.161 e. The van der Waals surface area contributed by atoms with Gasteiger partial charge in [-0.15, -0.1) is 11.3 Å². The highest BCUT2D eigenvalue weighted by Crippen LogP contribution is 2.44. The van der Waals surface area contributed by atoms with Crippen LogP contribution in [0.2, 0.25) is 0 Å². The zero-order chi connectivity index (χ0) is 37.0. The summed E-state index contributed by atoms with van der Waals surface area (Å²) in [5, 5.41) is 4.85. The molecule has 0 spiro atoms. The maximum atomic E-state index is 5.38. The number of benzene rings is 8. The van der Waals surface area contributed by atoms with Crippen molar-refractivity contribution >= 4 is 53.3 Å². The molecule has 0 unspecified atom stereocenters. The Bertz CT molecular complexity index is 3240. The number of rotatable bonds is 6. The van der Waals surface area contributed by atoms with E-state index in [1.165, 1.54) is 36.9 Å². The Morgan fingerprint density at radius 2 is 0.964 bits per heavy atom. The van der Waals surface area contributed by atoms with Gasteiger partial charge in [-0.2, -0.15) is 0 Å². The molecule has 56 heavy (non-hydrogen) atoms. The molecule has 0 bridgehead atoms. The third-order valence-electron chi connectivity index (χ3n) is 10.8. The average molecular weight is 732 g/mol. The van der Waals surface area contributed by atoms with E-state index in [9.17, 15) is 0 Å². The van der Waals surface area contributed by atoms with Gasteiger partial charge >= 0.3 is 0 Å². The second-order valence-corrected chi connectivity index (χ2v) is 15.2. The van der Waals surface area contributed by atoms with Gasteiger partial charge in [0.05, 0.1) is 22.4 Å². The highest BCUT2D eigenvalue weighted by Gasteiger charge is 2.21. The van der Waals surface area contributed by atoms with Crippen LogP contribution >= 0.6 is 11.3 Å². The van der Waals surface area contributed by atoms with Gasteiger partial charge in [0.15, 0.2) is 5.82 Å². The van der Waals surface area contributed by atoms with Crippen molar-refractivity contribution in [3.8, 4) is 61.8 Å². The first-order valence-corrected chi connectivity index (χ1v) is 19.7. The van der Waals surface area contributed by atoms with Crippen molar-refractivity contribution in [2.75, 3.05) is 0 Å². The topological polar surface area (TPSA) is 30.7 Å². The molecular weight excluding hydrogens is 699 g/mol. The molecule has 262 valence electrons. The van der Waals surface area contributed by atoms with Crippen LogP contribution in [0.25, 0.3) is 104 Å². The van der Waals surface area contributed by atoms with Crippen LogP contribution in [-0.4, -0.2) is 14.5 Å². The van der Waals surface area contributed by atoms with Crippen molar-refractivity contribution < 1.29 is 0 Å². The molecule has 4 heteroatoms. The molecule has 0 aliphatic carbocycles. The summed E-state index contributed by atoms with van der Waals surface area (Å²) >= 11 is 1.87. The molecule has 0 saturated heterocycles. The van der Waals surface area contributed by atoms with Gasteiger partial charge in [-0.25, -0.2) is 9.97 Å². The van der Waals surface area contributed by atoms with Gasteiger partial charge in [-0.05, 0) is 59.2 Å².